The number of fused-ring (bicyclic) bond motifs is 1. The van der Waals surface area contributed by atoms with E-state index in [4.69, 9.17) is 4.42 Å². The highest BCUT2D eigenvalue weighted by Crippen LogP contribution is 2.28. The predicted octanol–water partition coefficient (Wildman–Crippen LogP) is 2.86. The van der Waals surface area contributed by atoms with Gasteiger partial charge in [-0.2, -0.15) is 0 Å². The lowest BCUT2D eigenvalue weighted by Crippen LogP contribution is -2.18. The minimum atomic E-state index is -0.992. The van der Waals surface area contributed by atoms with Gasteiger partial charge in [-0.3, -0.25) is 0 Å². The van der Waals surface area contributed by atoms with Crippen LogP contribution in [0.4, 0.5) is 0 Å². The van der Waals surface area contributed by atoms with Gasteiger partial charge in [0.2, 0.25) is 0 Å². The lowest BCUT2D eigenvalue weighted by Gasteiger charge is -2.12. The SMILES string of the molecule is Cc1oc(-c2nc3ccccc3n2CCN(C)C)cc1C(=O)O. The molecule has 3 aromatic rings. The van der Waals surface area contributed by atoms with Crippen molar-refractivity contribution >= 4 is 17.0 Å². The van der Waals surface area contributed by atoms with E-state index in [2.05, 4.69) is 14.5 Å². The molecule has 0 aliphatic heterocycles. The summed E-state index contributed by atoms with van der Waals surface area (Å²) in [6.45, 7) is 3.24. The number of para-hydroxylation sites is 2. The molecule has 0 atom stereocenters. The molecule has 23 heavy (non-hydrogen) atoms. The second kappa shape index (κ2) is 5.89. The number of hydrogen-bond donors (Lipinski definition) is 1. The number of hydrogen-bond acceptors (Lipinski definition) is 4. The molecule has 2 heterocycles. The van der Waals surface area contributed by atoms with Crippen LogP contribution >= 0.6 is 0 Å². The third kappa shape index (κ3) is 2.85. The Hall–Kier alpha value is -2.60. The summed E-state index contributed by atoms with van der Waals surface area (Å²) in [6.07, 6.45) is 0. The zero-order valence-electron chi connectivity index (χ0n) is 13.4. The number of aromatic carboxylic acids is 1. The van der Waals surface area contributed by atoms with Crippen molar-refractivity contribution in [2.75, 3.05) is 20.6 Å². The van der Waals surface area contributed by atoms with Crippen LogP contribution in [0.25, 0.3) is 22.6 Å². The maximum Gasteiger partial charge on any atom is 0.339 e. The highest BCUT2D eigenvalue weighted by molar-refractivity contribution is 5.90. The van der Waals surface area contributed by atoms with Gasteiger partial charge in [0.25, 0.3) is 0 Å². The van der Waals surface area contributed by atoms with Crippen LogP contribution in [0.2, 0.25) is 0 Å². The van der Waals surface area contributed by atoms with Crippen LogP contribution in [0.15, 0.2) is 34.7 Å². The number of rotatable bonds is 5. The molecule has 3 rings (SSSR count). The first-order valence-corrected chi connectivity index (χ1v) is 7.41. The number of nitrogens with zero attached hydrogens (tertiary/aromatic N) is 3. The topological polar surface area (TPSA) is 71.5 Å². The van der Waals surface area contributed by atoms with Gasteiger partial charge in [0, 0.05) is 19.2 Å². The monoisotopic (exact) mass is 313 g/mol. The molecule has 0 saturated carbocycles. The third-order valence-electron chi connectivity index (χ3n) is 3.79. The van der Waals surface area contributed by atoms with Crippen molar-refractivity contribution in [1.29, 1.82) is 0 Å². The summed E-state index contributed by atoms with van der Waals surface area (Å²) < 4.78 is 7.73. The smallest absolute Gasteiger partial charge is 0.339 e. The lowest BCUT2D eigenvalue weighted by molar-refractivity contribution is 0.0695. The fourth-order valence-electron chi connectivity index (χ4n) is 2.59. The summed E-state index contributed by atoms with van der Waals surface area (Å²) in [5.41, 5.74) is 2.05. The number of carbonyl (C=O) groups is 1. The molecule has 2 aromatic heterocycles. The number of benzene rings is 1. The molecular formula is C17H19N3O3. The zero-order valence-corrected chi connectivity index (χ0v) is 13.4. The first-order chi connectivity index (χ1) is 11.0. The highest BCUT2D eigenvalue weighted by atomic mass is 16.4. The number of likely N-dealkylation sites (N-methyl/N-ethyl adjacent to an activating group) is 1. The molecule has 0 aliphatic rings. The van der Waals surface area contributed by atoms with Crippen LogP contribution in [0.5, 0.6) is 0 Å². The summed E-state index contributed by atoms with van der Waals surface area (Å²) in [4.78, 5) is 18.0. The van der Waals surface area contributed by atoms with Gasteiger partial charge in [0.1, 0.15) is 11.3 Å². The van der Waals surface area contributed by atoms with Crippen molar-refractivity contribution in [3.05, 3.63) is 41.7 Å². The molecular weight excluding hydrogens is 294 g/mol. The normalized spacial score (nSPS) is 11.5. The average Bonchev–Trinajstić information content (AvgIpc) is 3.05. The van der Waals surface area contributed by atoms with Crippen molar-refractivity contribution in [1.82, 2.24) is 14.5 Å². The number of aryl methyl sites for hydroxylation is 1. The molecule has 6 nitrogen and oxygen atoms in total. The quantitative estimate of drug-likeness (QED) is 0.784. The van der Waals surface area contributed by atoms with Crippen LogP contribution < -0.4 is 0 Å². The summed E-state index contributed by atoms with van der Waals surface area (Å²) in [5.74, 6) is 0.533. The number of aromatic nitrogens is 2. The number of furan rings is 1. The minimum absolute atomic E-state index is 0.172. The van der Waals surface area contributed by atoms with Gasteiger partial charge in [0.05, 0.1) is 11.0 Å². The van der Waals surface area contributed by atoms with Gasteiger partial charge in [-0.15, -0.1) is 0 Å². The van der Waals surface area contributed by atoms with Crippen molar-refractivity contribution in [2.24, 2.45) is 0 Å². The Balaban J connectivity index is 2.14. The first kappa shape index (κ1) is 15.3. The summed E-state index contributed by atoms with van der Waals surface area (Å²) >= 11 is 0. The van der Waals surface area contributed by atoms with Gasteiger partial charge in [-0.1, -0.05) is 12.1 Å². The van der Waals surface area contributed by atoms with E-state index in [1.165, 1.54) is 0 Å². The predicted molar refractivity (Wildman–Crippen MR) is 87.7 cm³/mol. The zero-order chi connectivity index (χ0) is 16.6. The van der Waals surface area contributed by atoms with E-state index in [1.54, 1.807) is 13.0 Å². The summed E-state index contributed by atoms with van der Waals surface area (Å²) in [6, 6.07) is 9.40. The molecule has 0 bridgehead atoms. The molecule has 1 aromatic carbocycles. The second-order valence-corrected chi connectivity index (χ2v) is 5.76. The molecule has 0 radical (unpaired) electrons. The molecule has 0 amide bonds. The summed E-state index contributed by atoms with van der Waals surface area (Å²) in [7, 11) is 4.02. The van der Waals surface area contributed by atoms with Crippen molar-refractivity contribution in [3.8, 4) is 11.6 Å². The molecule has 1 N–H and O–H groups in total. The van der Waals surface area contributed by atoms with Crippen molar-refractivity contribution < 1.29 is 14.3 Å². The summed E-state index contributed by atoms with van der Waals surface area (Å²) in [5, 5.41) is 9.22. The van der Waals surface area contributed by atoms with Gasteiger partial charge >= 0.3 is 5.97 Å². The van der Waals surface area contributed by atoms with Gasteiger partial charge in [-0.25, -0.2) is 9.78 Å². The van der Waals surface area contributed by atoms with Crippen molar-refractivity contribution in [2.45, 2.75) is 13.5 Å². The molecule has 0 saturated heterocycles. The molecule has 0 unspecified atom stereocenters. The number of carboxylic acid groups (broad SMARTS) is 1. The molecule has 0 aliphatic carbocycles. The van der Waals surface area contributed by atoms with Crippen LogP contribution in [-0.4, -0.2) is 46.2 Å². The van der Waals surface area contributed by atoms with Gasteiger partial charge in [-0.05, 0) is 33.2 Å². The molecule has 120 valence electrons. The van der Waals surface area contributed by atoms with Crippen molar-refractivity contribution in [3.63, 3.8) is 0 Å². The number of imidazole rings is 1. The van der Waals surface area contributed by atoms with E-state index in [-0.39, 0.29) is 5.56 Å². The Labute approximate surface area is 134 Å². The minimum Gasteiger partial charge on any atom is -0.478 e. The van der Waals surface area contributed by atoms with E-state index in [0.717, 1.165) is 24.1 Å². The molecule has 0 fully saturated rings. The standard InChI is InChI=1S/C17H19N3O3/c1-11-12(17(21)22)10-15(23-11)16-18-13-6-4-5-7-14(13)20(16)9-8-19(2)3/h4-7,10H,8-9H2,1-3H3,(H,21,22). The van der Waals surface area contributed by atoms with E-state index >= 15 is 0 Å². The van der Waals surface area contributed by atoms with Crippen LogP contribution in [-0.2, 0) is 6.54 Å². The lowest BCUT2D eigenvalue weighted by atomic mass is 10.2. The highest BCUT2D eigenvalue weighted by Gasteiger charge is 2.20. The van der Waals surface area contributed by atoms with Crippen LogP contribution in [0.1, 0.15) is 16.1 Å². The fourth-order valence-corrected chi connectivity index (χ4v) is 2.59. The second-order valence-electron chi connectivity index (χ2n) is 5.76. The first-order valence-electron chi connectivity index (χ1n) is 7.41. The van der Waals surface area contributed by atoms with E-state index in [1.807, 2.05) is 38.4 Å². The Kier molecular flexibility index (Phi) is 3.92. The van der Waals surface area contributed by atoms with E-state index < -0.39 is 5.97 Å². The number of carboxylic acids is 1. The Morgan fingerprint density at radius 1 is 1.35 bits per heavy atom. The van der Waals surface area contributed by atoms with E-state index in [0.29, 0.717) is 17.3 Å². The Morgan fingerprint density at radius 3 is 2.74 bits per heavy atom. The van der Waals surface area contributed by atoms with Crippen LogP contribution in [0, 0.1) is 6.92 Å². The fraction of sp³-hybridized carbons (Fsp3) is 0.294. The Morgan fingerprint density at radius 2 is 2.09 bits per heavy atom. The third-order valence-corrected chi connectivity index (χ3v) is 3.79. The molecule has 0 spiro atoms. The van der Waals surface area contributed by atoms with E-state index in [9.17, 15) is 9.90 Å². The molecule has 6 heteroatoms. The van der Waals surface area contributed by atoms with Crippen LogP contribution in [0.3, 0.4) is 0 Å². The van der Waals surface area contributed by atoms with Gasteiger partial charge in [0.15, 0.2) is 11.6 Å². The Bertz CT molecular complexity index is 861. The maximum absolute atomic E-state index is 11.2. The largest absolute Gasteiger partial charge is 0.478 e. The van der Waals surface area contributed by atoms with Gasteiger partial charge < -0.3 is 19.0 Å². The average molecular weight is 313 g/mol. The maximum atomic E-state index is 11.2.